The Balaban J connectivity index is 1.85. The smallest absolute Gasteiger partial charge is 0.162 e. The molecule has 1 saturated heterocycles. The lowest BCUT2D eigenvalue weighted by atomic mass is 10.1. The van der Waals surface area contributed by atoms with Crippen LogP contribution in [-0.4, -0.2) is 35.3 Å². The molecule has 4 rings (SSSR count). The van der Waals surface area contributed by atoms with Crippen molar-refractivity contribution in [1.29, 1.82) is 0 Å². The first-order chi connectivity index (χ1) is 12.1. The molecule has 0 unspecified atom stereocenters. The van der Waals surface area contributed by atoms with Crippen LogP contribution < -0.4 is 4.90 Å². The van der Waals surface area contributed by atoms with Gasteiger partial charge in [-0.3, -0.25) is 0 Å². The van der Waals surface area contributed by atoms with Crippen LogP contribution in [-0.2, 0) is 4.74 Å². The van der Waals surface area contributed by atoms with E-state index in [0.717, 1.165) is 41.2 Å². The maximum Gasteiger partial charge on any atom is 0.162 e. The number of ether oxygens (including phenoxy) is 1. The predicted molar refractivity (Wildman–Crippen MR) is 102 cm³/mol. The summed E-state index contributed by atoms with van der Waals surface area (Å²) in [5, 5.41) is 1.78. The first kappa shape index (κ1) is 16.3. The molecular weight excluding hydrogens is 334 g/mol. The Kier molecular flexibility index (Phi) is 4.32. The Hall–Kier alpha value is -2.17. The monoisotopic (exact) mass is 353 g/mol. The molecule has 0 bridgehead atoms. The highest BCUT2D eigenvalue weighted by atomic mass is 35.5. The molecule has 1 aliphatic rings. The zero-order valence-corrected chi connectivity index (χ0v) is 15.1. The molecule has 0 amide bonds. The molecule has 0 spiro atoms. The summed E-state index contributed by atoms with van der Waals surface area (Å²) in [6, 6.07) is 15.8. The van der Waals surface area contributed by atoms with E-state index in [1.54, 1.807) is 0 Å². The lowest BCUT2D eigenvalue weighted by molar-refractivity contribution is -0.00536. The topological polar surface area (TPSA) is 38.2 Å². The Bertz CT molecular complexity index is 887. The number of benzene rings is 2. The Morgan fingerprint density at radius 1 is 0.960 bits per heavy atom. The Morgan fingerprint density at radius 3 is 2.36 bits per heavy atom. The van der Waals surface area contributed by atoms with Gasteiger partial charge in [0.05, 0.1) is 17.7 Å². The highest BCUT2D eigenvalue weighted by Crippen LogP contribution is 2.29. The second kappa shape index (κ2) is 6.62. The summed E-state index contributed by atoms with van der Waals surface area (Å²) in [6.07, 6.45) is 0.355. The van der Waals surface area contributed by atoms with Crippen molar-refractivity contribution in [2.75, 3.05) is 18.0 Å². The lowest BCUT2D eigenvalue weighted by Crippen LogP contribution is -2.46. The van der Waals surface area contributed by atoms with Crippen molar-refractivity contribution >= 4 is 28.3 Å². The molecule has 0 N–H and O–H groups in total. The van der Waals surface area contributed by atoms with Crippen molar-refractivity contribution in [3.05, 3.63) is 53.6 Å². The van der Waals surface area contributed by atoms with Crippen LogP contribution in [0.5, 0.6) is 0 Å². The number of para-hydroxylation sites is 1. The third-order valence-electron chi connectivity index (χ3n) is 4.40. The van der Waals surface area contributed by atoms with E-state index < -0.39 is 0 Å². The van der Waals surface area contributed by atoms with Crippen LogP contribution >= 0.6 is 11.6 Å². The van der Waals surface area contributed by atoms with Gasteiger partial charge in [0.2, 0.25) is 0 Å². The first-order valence-corrected chi connectivity index (χ1v) is 8.91. The summed E-state index contributed by atoms with van der Waals surface area (Å²) in [7, 11) is 0. The number of rotatable bonds is 2. The molecular formula is C20H20ClN3O. The van der Waals surface area contributed by atoms with Gasteiger partial charge in [-0.15, -0.1) is 0 Å². The van der Waals surface area contributed by atoms with Crippen LogP contribution in [0.2, 0.25) is 5.02 Å². The highest BCUT2D eigenvalue weighted by Gasteiger charge is 2.25. The van der Waals surface area contributed by atoms with Crippen LogP contribution in [0.1, 0.15) is 13.8 Å². The van der Waals surface area contributed by atoms with Gasteiger partial charge < -0.3 is 9.64 Å². The fourth-order valence-electron chi connectivity index (χ4n) is 3.38. The van der Waals surface area contributed by atoms with Gasteiger partial charge in [0.1, 0.15) is 5.82 Å². The molecule has 1 aliphatic heterocycles. The molecule has 25 heavy (non-hydrogen) atoms. The standard InChI is InChI=1S/C20H20ClN3O/c1-13-11-24(12-14(2)25-13)20-17-5-3-4-6-18(17)22-19(23-20)15-7-9-16(21)10-8-15/h3-10,13-14H,11-12H2,1-2H3/t13-,14-/m0/s1. The molecule has 0 saturated carbocycles. The molecule has 2 atom stereocenters. The van der Waals surface area contributed by atoms with E-state index in [0.29, 0.717) is 5.02 Å². The van der Waals surface area contributed by atoms with Crippen molar-refractivity contribution in [2.24, 2.45) is 0 Å². The van der Waals surface area contributed by atoms with Crippen molar-refractivity contribution in [1.82, 2.24) is 9.97 Å². The van der Waals surface area contributed by atoms with Gasteiger partial charge in [-0.25, -0.2) is 9.97 Å². The molecule has 5 heteroatoms. The molecule has 128 valence electrons. The minimum absolute atomic E-state index is 0.177. The summed E-state index contributed by atoms with van der Waals surface area (Å²) in [5.74, 6) is 1.69. The second-order valence-corrected chi connectivity index (χ2v) is 6.99. The van der Waals surface area contributed by atoms with Crippen LogP contribution in [0.25, 0.3) is 22.3 Å². The van der Waals surface area contributed by atoms with Crippen LogP contribution in [0.3, 0.4) is 0 Å². The van der Waals surface area contributed by atoms with E-state index in [9.17, 15) is 0 Å². The fraction of sp³-hybridized carbons (Fsp3) is 0.300. The SMILES string of the molecule is C[C@H]1CN(c2nc(-c3ccc(Cl)cc3)nc3ccccc23)C[C@H](C)O1. The van der Waals surface area contributed by atoms with Crippen molar-refractivity contribution in [2.45, 2.75) is 26.1 Å². The minimum atomic E-state index is 0.177. The van der Waals surface area contributed by atoms with Crippen molar-refractivity contribution < 1.29 is 4.74 Å². The molecule has 1 aromatic heterocycles. The Labute approximate surface area is 152 Å². The third kappa shape index (κ3) is 3.32. The predicted octanol–water partition coefficient (Wildman–Crippen LogP) is 4.56. The van der Waals surface area contributed by atoms with Gasteiger partial charge in [0.15, 0.2) is 5.82 Å². The van der Waals surface area contributed by atoms with E-state index in [2.05, 4.69) is 24.8 Å². The maximum absolute atomic E-state index is 6.02. The van der Waals surface area contributed by atoms with E-state index >= 15 is 0 Å². The van der Waals surface area contributed by atoms with Gasteiger partial charge >= 0.3 is 0 Å². The number of fused-ring (bicyclic) bond motifs is 1. The van der Waals surface area contributed by atoms with Crippen LogP contribution in [0.4, 0.5) is 5.82 Å². The fourth-order valence-corrected chi connectivity index (χ4v) is 3.51. The molecule has 3 aromatic rings. The summed E-state index contributed by atoms with van der Waals surface area (Å²) >= 11 is 6.02. The second-order valence-electron chi connectivity index (χ2n) is 6.56. The largest absolute Gasteiger partial charge is 0.372 e. The average Bonchev–Trinajstić information content (AvgIpc) is 2.60. The van der Waals surface area contributed by atoms with E-state index in [4.69, 9.17) is 26.3 Å². The number of hydrogen-bond acceptors (Lipinski definition) is 4. The van der Waals surface area contributed by atoms with Crippen LogP contribution in [0.15, 0.2) is 48.5 Å². The summed E-state index contributed by atoms with van der Waals surface area (Å²) in [4.78, 5) is 12.0. The van der Waals surface area contributed by atoms with Gasteiger partial charge in [-0.2, -0.15) is 0 Å². The highest BCUT2D eigenvalue weighted by molar-refractivity contribution is 6.30. The summed E-state index contributed by atoms with van der Waals surface area (Å²) in [5.41, 5.74) is 1.91. The van der Waals surface area contributed by atoms with E-state index in [1.807, 2.05) is 42.5 Å². The molecule has 0 radical (unpaired) electrons. The third-order valence-corrected chi connectivity index (χ3v) is 4.66. The average molecular weight is 354 g/mol. The quantitative estimate of drug-likeness (QED) is 0.676. The van der Waals surface area contributed by atoms with E-state index in [-0.39, 0.29) is 12.2 Å². The number of aromatic nitrogens is 2. The van der Waals surface area contributed by atoms with Gasteiger partial charge in [0.25, 0.3) is 0 Å². The molecule has 2 heterocycles. The number of anilines is 1. The van der Waals surface area contributed by atoms with Gasteiger partial charge in [-0.1, -0.05) is 23.7 Å². The van der Waals surface area contributed by atoms with Crippen molar-refractivity contribution in [3.8, 4) is 11.4 Å². The number of halogens is 1. The van der Waals surface area contributed by atoms with Gasteiger partial charge in [0, 0.05) is 29.1 Å². The summed E-state index contributed by atoms with van der Waals surface area (Å²) in [6.45, 7) is 5.86. The molecule has 0 aliphatic carbocycles. The van der Waals surface area contributed by atoms with E-state index in [1.165, 1.54) is 0 Å². The molecule has 1 fully saturated rings. The molecule has 2 aromatic carbocycles. The van der Waals surface area contributed by atoms with Crippen molar-refractivity contribution in [3.63, 3.8) is 0 Å². The van der Waals surface area contributed by atoms with Crippen LogP contribution in [0, 0.1) is 0 Å². The number of hydrogen-bond donors (Lipinski definition) is 0. The Morgan fingerprint density at radius 2 is 1.64 bits per heavy atom. The maximum atomic E-state index is 6.02. The number of nitrogens with zero attached hydrogens (tertiary/aromatic N) is 3. The zero-order chi connectivity index (χ0) is 17.4. The zero-order valence-electron chi connectivity index (χ0n) is 14.3. The summed E-state index contributed by atoms with van der Waals surface area (Å²) < 4.78 is 5.88. The molecule has 4 nitrogen and oxygen atoms in total. The number of morpholine rings is 1. The lowest BCUT2D eigenvalue weighted by Gasteiger charge is -2.36. The van der Waals surface area contributed by atoms with Gasteiger partial charge in [-0.05, 0) is 50.2 Å². The first-order valence-electron chi connectivity index (χ1n) is 8.53. The normalized spacial score (nSPS) is 20.8. The minimum Gasteiger partial charge on any atom is -0.372 e.